The third-order valence-electron chi connectivity index (χ3n) is 4.77. The van der Waals surface area contributed by atoms with E-state index < -0.39 is 17.9 Å². The Kier molecular flexibility index (Phi) is 9.18. The van der Waals surface area contributed by atoms with Crippen molar-refractivity contribution in [1.82, 2.24) is 10.6 Å². The first-order valence-electron chi connectivity index (χ1n) is 9.94. The SMILES string of the molecule is CNCCCCCc1ccc(C(=O)N[C@@H](Cc2ccccc2)C(=O)OC)c(O)c1. The van der Waals surface area contributed by atoms with Crippen LogP contribution in [0, 0.1) is 0 Å². The van der Waals surface area contributed by atoms with E-state index in [0.717, 1.165) is 43.4 Å². The lowest BCUT2D eigenvalue weighted by molar-refractivity contribution is -0.142. The fourth-order valence-corrected chi connectivity index (χ4v) is 3.15. The van der Waals surface area contributed by atoms with Crippen LogP contribution in [0.4, 0.5) is 0 Å². The van der Waals surface area contributed by atoms with Crippen molar-refractivity contribution in [2.45, 2.75) is 38.1 Å². The van der Waals surface area contributed by atoms with Gasteiger partial charge in [-0.15, -0.1) is 0 Å². The highest BCUT2D eigenvalue weighted by molar-refractivity contribution is 5.99. The lowest BCUT2D eigenvalue weighted by atomic mass is 10.0. The topological polar surface area (TPSA) is 87.7 Å². The Morgan fingerprint density at radius 1 is 1.03 bits per heavy atom. The molecule has 0 spiro atoms. The molecule has 0 unspecified atom stereocenters. The number of methoxy groups -OCH3 is 1. The molecule has 29 heavy (non-hydrogen) atoms. The van der Waals surface area contributed by atoms with Gasteiger partial charge in [0.25, 0.3) is 5.91 Å². The van der Waals surface area contributed by atoms with Gasteiger partial charge in [-0.25, -0.2) is 4.79 Å². The van der Waals surface area contributed by atoms with Gasteiger partial charge in [-0.2, -0.15) is 0 Å². The number of phenols is 1. The normalized spacial score (nSPS) is 11.7. The predicted molar refractivity (Wildman–Crippen MR) is 113 cm³/mol. The van der Waals surface area contributed by atoms with Gasteiger partial charge in [-0.3, -0.25) is 4.79 Å². The van der Waals surface area contributed by atoms with E-state index >= 15 is 0 Å². The first-order valence-corrected chi connectivity index (χ1v) is 9.94. The molecule has 0 radical (unpaired) electrons. The van der Waals surface area contributed by atoms with Crippen LogP contribution in [-0.4, -0.2) is 43.7 Å². The molecule has 0 aromatic heterocycles. The fourth-order valence-electron chi connectivity index (χ4n) is 3.15. The van der Waals surface area contributed by atoms with E-state index in [-0.39, 0.29) is 11.3 Å². The number of benzene rings is 2. The monoisotopic (exact) mass is 398 g/mol. The molecule has 0 aliphatic heterocycles. The summed E-state index contributed by atoms with van der Waals surface area (Å²) in [6, 6.07) is 13.6. The van der Waals surface area contributed by atoms with Gasteiger partial charge in [0, 0.05) is 6.42 Å². The van der Waals surface area contributed by atoms with E-state index in [4.69, 9.17) is 4.74 Å². The van der Waals surface area contributed by atoms with Gasteiger partial charge in [0.2, 0.25) is 0 Å². The molecule has 0 saturated carbocycles. The second kappa shape index (κ2) is 11.9. The maximum absolute atomic E-state index is 12.6. The Balaban J connectivity index is 2.00. The number of hydrogen-bond donors (Lipinski definition) is 3. The molecule has 2 aromatic carbocycles. The van der Waals surface area contributed by atoms with Crippen LogP contribution in [-0.2, 0) is 22.4 Å². The molecule has 0 fully saturated rings. The third-order valence-corrected chi connectivity index (χ3v) is 4.77. The number of amides is 1. The van der Waals surface area contributed by atoms with Gasteiger partial charge in [0.15, 0.2) is 0 Å². The lowest BCUT2D eigenvalue weighted by Gasteiger charge is -2.17. The Labute approximate surface area is 172 Å². The van der Waals surface area contributed by atoms with Crippen LogP contribution in [0.1, 0.15) is 40.7 Å². The quantitative estimate of drug-likeness (QED) is 0.400. The number of unbranched alkanes of at least 4 members (excludes halogenated alkanes) is 2. The summed E-state index contributed by atoms with van der Waals surface area (Å²) >= 11 is 0. The van der Waals surface area contributed by atoms with Crippen LogP contribution in [0.15, 0.2) is 48.5 Å². The third kappa shape index (κ3) is 7.23. The summed E-state index contributed by atoms with van der Waals surface area (Å²) in [4.78, 5) is 24.8. The van der Waals surface area contributed by atoms with Crippen molar-refractivity contribution in [3.63, 3.8) is 0 Å². The average Bonchev–Trinajstić information content (AvgIpc) is 2.73. The van der Waals surface area contributed by atoms with E-state index in [0.29, 0.717) is 6.42 Å². The van der Waals surface area contributed by atoms with Crippen molar-refractivity contribution in [2.75, 3.05) is 20.7 Å². The first kappa shape index (κ1) is 22.4. The zero-order chi connectivity index (χ0) is 21.1. The number of ether oxygens (including phenoxy) is 1. The Morgan fingerprint density at radius 3 is 2.45 bits per heavy atom. The van der Waals surface area contributed by atoms with Gasteiger partial charge in [-0.05, 0) is 56.1 Å². The van der Waals surface area contributed by atoms with E-state index in [2.05, 4.69) is 10.6 Å². The lowest BCUT2D eigenvalue weighted by Crippen LogP contribution is -2.43. The smallest absolute Gasteiger partial charge is 0.328 e. The summed E-state index contributed by atoms with van der Waals surface area (Å²) in [6.45, 7) is 0.995. The standard InChI is InChI=1S/C23H30N2O4/c1-24-14-8-4-7-11-18-12-13-19(21(26)16-18)22(27)25-20(23(28)29-2)15-17-9-5-3-6-10-17/h3,5-6,9-10,12-13,16,20,24,26H,4,7-8,11,14-15H2,1-2H3,(H,25,27)/t20-/m0/s1. The van der Waals surface area contributed by atoms with Gasteiger partial charge < -0.3 is 20.5 Å². The van der Waals surface area contributed by atoms with Crippen molar-refractivity contribution in [2.24, 2.45) is 0 Å². The minimum Gasteiger partial charge on any atom is -0.507 e. The number of carbonyl (C=O) groups excluding carboxylic acids is 2. The van der Waals surface area contributed by atoms with Crippen LogP contribution in [0.25, 0.3) is 0 Å². The Morgan fingerprint density at radius 2 is 1.79 bits per heavy atom. The molecular formula is C23H30N2O4. The molecule has 2 aromatic rings. The summed E-state index contributed by atoms with van der Waals surface area (Å²) in [5, 5.41) is 16.1. The van der Waals surface area contributed by atoms with Crippen molar-refractivity contribution in [1.29, 1.82) is 0 Å². The Hall–Kier alpha value is -2.86. The number of phenolic OH excluding ortho intramolecular Hbond substituents is 1. The molecule has 6 heteroatoms. The highest BCUT2D eigenvalue weighted by atomic mass is 16.5. The van der Waals surface area contributed by atoms with E-state index in [1.165, 1.54) is 7.11 Å². The zero-order valence-corrected chi connectivity index (χ0v) is 17.1. The number of carbonyl (C=O) groups is 2. The Bertz CT molecular complexity index is 793. The minimum atomic E-state index is -0.832. The van der Waals surface area contributed by atoms with Crippen LogP contribution in [0.3, 0.4) is 0 Å². The van der Waals surface area contributed by atoms with Crippen molar-refractivity contribution < 1.29 is 19.4 Å². The van der Waals surface area contributed by atoms with Crippen molar-refractivity contribution >= 4 is 11.9 Å². The highest BCUT2D eigenvalue weighted by Gasteiger charge is 2.23. The van der Waals surface area contributed by atoms with E-state index in [9.17, 15) is 14.7 Å². The minimum absolute atomic E-state index is 0.0847. The zero-order valence-electron chi connectivity index (χ0n) is 17.1. The number of hydrogen-bond acceptors (Lipinski definition) is 5. The molecule has 3 N–H and O–H groups in total. The molecular weight excluding hydrogens is 368 g/mol. The maximum Gasteiger partial charge on any atom is 0.328 e. The molecule has 0 heterocycles. The van der Waals surface area contributed by atoms with Gasteiger partial charge in [0.1, 0.15) is 11.8 Å². The van der Waals surface area contributed by atoms with Crippen LogP contribution < -0.4 is 10.6 Å². The largest absolute Gasteiger partial charge is 0.507 e. The second-order valence-electron chi connectivity index (χ2n) is 7.00. The highest BCUT2D eigenvalue weighted by Crippen LogP contribution is 2.21. The molecule has 0 saturated heterocycles. The van der Waals surface area contributed by atoms with Gasteiger partial charge in [0.05, 0.1) is 12.7 Å². The van der Waals surface area contributed by atoms with E-state index in [1.54, 1.807) is 12.1 Å². The summed E-state index contributed by atoms with van der Waals surface area (Å²) < 4.78 is 4.82. The molecule has 156 valence electrons. The number of aromatic hydroxyl groups is 1. The molecule has 0 bridgehead atoms. The molecule has 1 amide bonds. The molecule has 6 nitrogen and oxygen atoms in total. The molecule has 0 aliphatic rings. The van der Waals surface area contributed by atoms with Crippen LogP contribution >= 0.6 is 0 Å². The van der Waals surface area contributed by atoms with Crippen LogP contribution in [0.5, 0.6) is 5.75 Å². The number of nitrogens with one attached hydrogen (secondary N) is 2. The molecule has 0 aliphatic carbocycles. The van der Waals surface area contributed by atoms with Crippen molar-refractivity contribution in [3.8, 4) is 5.75 Å². The summed E-state index contributed by atoms with van der Waals surface area (Å²) in [7, 11) is 3.22. The van der Waals surface area contributed by atoms with E-state index in [1.807, 2.05) is 43.4 Å². The van der Waals surface area contributed by atoms with Crippen LogP contribution in [0.2, 0.25) is 0 Å². The average molecular weight is 399 g/mol. The maximum atomic E-state index is 12.6. The predicted octanol–water partition coefficient (Wildman–Crippen LogP) is 2.84. The van der Waals surface area contributed by atoms with Gasteiger partial charge in [-0.1, -0.05) is 42.8 Å². The first-order chi connectivity index (χ1) is 14.0. The number of esters is 1. The fraction of sp³-hybridized carbons (Fsp3) is 0.391. The molecule has 1 atom stereocenters. The summed E-state index contributed by atoms with van der Waals surface area (Å²) in [6.07, 6.45) is 4.39. The van der Waals surface area contributed by atoms with Gasteiger partial charge >= 0.3 is 5.97 Å². The summed E-state index contributed by atoms with van der Waals surface area (Å²) in [5.41, 5.74) is 2.03. The second-order valence-corrected chi connectivity index (χ2v) is 7.00. The van der Waals surface area contributed by atoms with Crippen molar-refractivity contribution in [3.05, 3.63) is 65.2 Å². The summed E-state index contributed by atoms with van der Waals surface area (Å²) in [5.74, 6) is -1.12. The molecule has 2 rings (SSSR count). The number of aryl methyl sites for hydroxylation is 1. The number of rotatable bonds is 11.